The average molecular weight is 224 g/mol. The van der Waals surface area contributed by atoms with Crippen LogP contribution in [0.3, 0.4) is 0 Å². The third-order valence-electron chi connectivity index (χ3n) is 4.13. The second-order valence-corrected chi connectivity index (χ2v) is 5.46. The van der Waals surface area contributed by atoms with E-state index in [0.717, 1.165) is 25.4 Å². The lowest BCUT2D eigenvalue weighted by Crippen LogP contribution is -2.38. The van der Waals surface area contributed by atoms with Crippen molar-refractivity contribution < 1.29 is 4.79 Å². The first kappa shape index (κ1) is 11.9. The molecular formula is C13H24N2O. The maximum atomic E-state index is 11.8. The van der Waals surface area contributed by atoms with Gasteiger partial charge in [0.1, 0.15) is 0 Å². The molecule has 92 valence electrons. The Labute approximate surface area is 98.4 Å². The third kappa shape index (κ3) is 3.21. The molecule has 2 aliphatic rings. The molecule has 3 heteroatoms. The molecule has 1 saturated heterocycles. The summed E-state index contributed by atoms with van der Waals surface area (Å²) >= 11 is 0. The number of carbonyl (C=O) groups excluding carboxylic acids is 1. The van der Waals surface area contributed by atoms with Gasteiger partial charge in [-0.3, -0.25) is 4.79 Å². The molecule has 0 aromatic rings. The first-order valence-corrected chi connectivity index (χ1v) is 6.76. The van der Waals surface area contributed by atoms with Gasteiger partial charge in [0, 0.05) is 12.5 Å². The molecule has 1 aliphatic carbocycles. The molecule has 2 fully saturated rings. The van der Waals surface area contributed by atoms with E-state index < -0.39 is 0 Å². The van der Waals surface area contributed by atoms with Gasteiger partial charge < -0.3 is 10.6 Å². The van der Waals surface area contributed by atoms with E-state index in [9.17, 15) is 4.79 Å². The lowest BCUT2D eigenvalue weighted by molar-refractivity contribution is -0.122. The Morgan fingerprint density at radius 3 is 2.75 bits per heavy atom. The number of hydrogen-bond donors (Lipinski definition) is 2. The summed E-state index contributed by atoms with van der Waals surface area (Å²) in [6, 6.07) is 0.379. The highest BCUT2D eigenvalue weighted by Gasteiger charge is 2.24. The minimum absolute atomic E-state index is 0.257. The zero-order valence-electron chi connectivity index (χ0n) is 10.3. The van der Waals surface area contributed by atoms with Crippen molar-refractivity contribution in [1.29, 1.82) is 0 Å². The van der Waals surface area contributed by atoms with Crippen LogP contribution in [-0.2, 0) is 4.79 Å². The minimum atomic E-state index is 0.257. The van der Waals surface area contributed by atoms with Crippen LogP contribution in [0.4, 0.5) is 0 Å². The van der Waals surface area contributed by atoms with Gasteiger partial charge >= 0.3 is 0 Å². The number of carbonyl (C=O) groups is 1. The molecule has 1 amide bonds. The second-order valence-electron chi connectivity index (χ2n) is 5.46. The van der Waals surface area contributed by atoms with Crippen LogP contribution >= 0.6 is 0 Å². The number of rotatable bonds is 4. The Bertz CT molecular complexity index is 230. The van der Waals surface area contributed by atoms with Crippen molar-refractivity contribution in [2.24, 2.45) is 11.8 Å². The first-order valence-electron chi connectivity index (χ1n) is 6.76. The molecule has 1 heterocycles. The van der Waals surface area contributed by atoms with Crippen molar-refractivity contribution in [3.63, 3.8) is 0 Å². The van der Waals surface area contributed by atoms with E-state index in [2.05, 4.69) is 17.6 Å². The fourth-order valence-electron chi connectivity index (χ4n) is 3.04. The maximum Gasteiger partial charge on any atom is 0.220 e. The van der Waals surface area contributed by atoms with Crippen LogP contribution in [0.5, 0.6) is 0 Å². The van der Waals surface area contributed by atoms with Gasteiger partial charge in [-0.2, -0.15) is 0 Å². The van der Waals surface area contributed by atoms with Gasteiger partial charge in [0.2, 0.25) is 5.91 Å². The van der Waals surface area contributed by atoms with Gasteiger partial charge in [0.25, 0.3) is 0 Å². The van der Waals surface area contributed by atoms with Crippen LogP contribution in [0, 0.1) is 11.8 Å². The molecule has 0 radical (unpaired) electrons. The molecule has 0 bridgehead atoms. The van der Waals surface area contributed by atoms with E-state index in [1.54, 1.807) is 0 Å². The molecule has 0 aromatic carbocycles. The lowest BCUT2D eigenvalue weighted by atomic mass is 9.98. The average Bonchev–Trinajstić information content (AvgIpc) is 2.88. The van der Waals surface area contributed by atoms with Crippen molar-refractivity contribution in [1.82, 2.24) is 10.6 Å². The summed E-state index contributed by atoms with van der Waals surface area (Å²) < 4.78 is 0. The Morgan fingerprint density at radius 1 is 1.38 bits per heavy atom. The predicted octanol–water partition coefficient (Wildman–Crippen LogP) is 1.68. The largest absolute Gasteiger partial charge is 0.353 e. The third-order valence-corrected chi connectivity index (χ3v) is 4.13. The van der Waals surface area contributed by atoms with E-state index in [1.807, 2.05) is 0 Å². The summed E-state index contributed by atoms with van der Waals surface area (Å²) in [6.07, 6.45) is 7.16. The molecule has 2 N–H and O–H groups in total. The zero-order valence-corrected chi connectivity index (χ0v) is 10.3. The smallest absolute Gasteiger partial charge is 0.220 e. The van der Waals surface area contributed by atoms with Gasteiger partial charge in [-0.15, -0.1) is 0 Å². The number of amides is 1. The molecule has 1 unspecified atom stereocenters. The Hall–Kier alpha value is -0.570. The van der Waals surface area contributed by atoms with Crippen LogP contribution in [0.25, 0.3) is 0 Å². The Balaban J connectivity index is 1.68. The van der Waals surface area contributed by atoms with Gasteiger partial charge in [-0.25, -0.2) is 0 Å². The predicted molar refractivity (Wildman–Crippen MR) is 65.2 cm³/mol. The summed E-state index contributed by atoms with van der Waals surface area (Å²) in [5.41, 5.74) is 0. The molecule has 2 atom stereocenters. The molecule has 2 rings (SSSR count). The first-order chi connectivity index (χ1) is 7.75. The zero-order chi connectivity index (χ0) is 11.4. The topological polar surface area (TPSA) is 41.1 Å². The highest BCUT2D eigenvalue weighted by atomic mass is 16.1. The summed E-state index contributed by atoms with van der Waals surface area (Å²) in [6.45, 7) is 4.27. The monoisotopic (exact) mass is 224 g/mol. The van der Waals surface area contributed by atoms with Crippen molar-refractivity contribution >= 4 is 5.91 Å². The van der Waals surface area contributed by atoms with Gasteiger partial charge in [-0.05, 0) is 51.1 Å². The highest BCUT2D eigenvalue weighted by Crippen LogP contribution is 2.27. The lowest BCUT2D eigenvalue weighted by Gasteiger charge is -2.21. The molecule has 1 aliphatic heterocycles. The number of hydrogen-bond acceptors (Lipinski definition) is 2. The van der Waals surface area contributed by atoms with Gasteiger partial charge in [-0.1, -0.05) is 12.8 Å². The fourth-order valence-corrected chi connectivity index (χ4v) is 3.04. The van der Waals surface area contributed by atoms with Crippen LogP contribution in [0.2, 0.25) is 0 Å². The van der Waals surface area contributed by atoms with E-state index in [4.69, 9.17) is 0 Å². The van der Waals surface area contributed by atoms with E-state index in [1.165, 1.54) is 25.7 Å². The van der Waals surface area contributed by atoms with Crippen molar-refractivity contribution in [3.05, 3.63) is 0 Å². The van der Waals surface area contributed by atoms with E-state index in [0.29, 0.717) is 18.4 Å². The van der Waals surface area contributed by atoms with Gasteiger partial charge in [0.05, 0.1) is 0 Å². The number of nitrogens with one attached hydrogen (secondary N) is 2. The van der Waals surface area contributed by atoms with Crippen LogP contribution < -0.4 is 10.6 Å². The molecular weight excluding hydrogens is 200 g/mol. The van der Waals surface area contributed by atoms with Crippen LogP contribution in [-0.4, -0.2) is 25.0 Å². The Kier molecular flexibility index (Phi) is 4.22. The SMILES string of the molecule is C[C@@H](NC(=O)CC1CCNC1)C1CCCC1. The quantitative estimate of drug-likeness (QED) is 0.763. The standard InChI is InChI=1S/C13H24N2O/c1-10(12-4-2-3-5-12)15-13(16)8-11-6-7-14-9-11/h10-12,14H,2-9H2,1H3,(H,15,16)/t10-,11?/m1/s1. The van der Waals surface area contributed by atoms with Crippen LogP contribution in [0.1, 0.15) is 45.4 Å². The van der Waals surface area contributed by atoms with Crippen molar-refractivity contribution in [2.75, 3.05) is 13.1 Å². The summed E-state index contributed by atoms with van der Waals surface area (Å²) in [5, 5.41) is 6.49. The molecule has 0 aromatic heterocycles. The highest BCUT2D eigenvalue weighted by molar-refractivity contribution is 5.76. The second kappa shape index (κ2) is 5.67. The van der Waals surface area contributed by atoms with Gasteiger partial charge in [0.15, 0.2) is 0 Å². The summed E-state index contributed by atoms with van der Waals surface area (Å²) in [5.74, 6) is 1.55. The van der Waals surface area contributed by atoms with E-state index >= 15 is 0 Å². The molecule has 3 nitrogen and oxygen atoms in total. The van der Waals surface area contributed by atoms with Crippen LogP contribution in [0.15, 0.2) is 0 Å². The van der Waals surface area contributed by atoms with Crippen molar-refractivity contribution in [2.45, 2.75) is 51.5 Å². The molecule has 1 saturated carbocycles. The Morgan fingerprint density at radius 2 is 2.12 bits per heavy atom. The van der Waals surface area contributed by atoms with Crippen molar-refractivity contribution in [3.8, 4) is 0 Å². The fraction of sp³-hybridized carbons (Fsp3) is 0.923. The summed E-state index contributed by atoms with van der Waals surface area (Å²) in [7, 11) is 0. The van der Waals surface area contributed by atoms with E-state index in [-0.39, 0.29) is 5.91 Å². The summed E-state index contributed by atoms with van der Waals surface area (Å²) in [4.78, 5) is 11.8. The molecule has 16 heavy (non-hydrogen) atoms. The maximum absolute atomic E-state index is 11.8. The normalized spacial score (nSPS) is 28.2. The molecule has 0 spiro atoms. The minimum Gasteiger partial charge on any atom is -0.353 e.